The first kappa shape index (κ1) is 16.8. The lowest BCUT2D eigenvalue weighted by molar-refractivity contribution is 0.0526. The summed E-state index contributed by atoms with van der Waals surface area (Å²) in [7, 11) is 0. The Labute approximate surface area is 139 Å². The van der Waals surface area contributed by atoms with Crippen LogP contribution in [0.3, 0.4) is 0 Å². The number of aryl methyl sites for hydroxylation is 1. The number of rotatable bonds is 4. The summed E-state index contributed by atoms with van der Waals surface area (Å²) >= 11 is 12.4. The van der Waals surface area contributed by atoms with Gasteiger partial charge in [-0.25, -0.2) is 4.79 Å². The minimum absolute atomic E-state index is 0.335. The number of carbonyl (C=O) groups excluding carboxylic acids is 1. The van der Waals surface area contributed by atoms with Gasteiger partial charge in [-0.05, 0) is 51.0 Å². The molecule has 0 aliphatic heterocycles. The molecule has 1 heterocycles. The number of benzene rings is 1. The highest BCUT2D eigenvalue weighted by Gasteiger charge is 2.13. The predicted octanol–water partition coefficient (Wildman–Crippen LogP) is 5.06. The van der Waals surface area contributed by atoms with Gasteiger partial charge in [0.2, 0.25) is 0 Å². The fourth-order valence-electron chi connectivity index (χ4n) is 2.20. The summed E-state index contributed by atoms with van der Waals surface area (Å²) in [4.78, 5) is 16.4. The van der Waals surface area contributed by atoms with Gasteiger partial charge < -0.3 is 4.74 Å². The zero-order valence-electron chi connectivity index (χ0n) is 12.7. The van der Waals surface area contributed by atoms with Crippen molar-refractivity contribution in [1.29, 1.82) is 0 Å². The Balaban J connectivity index is 2.55. The zero-order valence-corrected chi connectivity index (χ0v) is 14.3. The smallest absolute Gasteiger partial charge is 0.338 e. The lowest BCUT2D eigenvalue weighted by atomic mass is 10.0. The van der Waals surface area contributed by atoms with Gasteiger partial charge in [0.1, 0.15) is 0 Å². The molecule has 0 radical (unpaired) electrons. The van der Waals surface area contributed by atoms with Crippen LogP contribution in [-0.4, -0.2) is 17.6 Å². The monoisotopic (exact) mass is 337 g/mol. The zero-order chi connectivity index (χ0) is 16.3. The molecule has 5 heteroatoms. The summed E-state index contributed by atoms with van der Waals surface area (Å²) in [6, 6.07) is 5.21. The fraction of sp³-hybridized carbons (Fsp3) is 0.294. The Kier molecular flexibility index (Phi) is 5.43. The lowest BCUT2D eigenvalue weighted by Gasteiger charge is -2.11. The number of allylic oxidation sites excluding steroid dienone is 2. The minimum Gasteiger partial charge on any atom is -0.462 e. The molecular weight excluding hydrogens is 321 g/mol. The molecule has 22 heavy (non-hydrogen) atoms. The summed E-state index contributed by atoms with van der Waals surface area (Å²) in [5, 5.41) is 2.05. The molecule has 2 aromatic rings. The van der Waals surface area contributed by atoms with Crippen molar-refractivity contribution in [2.45, 2.75) is 27.2 Å². The first-order chi connectivity index (χ1) is 10.4. The summed E-state index contributed by atoms with van der Waals surface area (Å²) < 4.78 is 5.02. The van der Waals surface area contributed by atoms with Gasteiger partial charge in [-0.3, -0.25) is 4.98 Å². The number of ether oxygens (including phenoxy) is 1. The normalized spacial score (nSPS) is 11.8. The number of halogens is 2. The standard InChI is InChI=1S/C17H17Cl2NO2/c1-4-22-17(21)12-6-8-15-14(9-12)16(19)13(11(3)20-15)7-5-10(2)18/h5-6,8-9H,4,7H2,1-3H3/b10-5+. The number of nitrogens with zero attached hydrogens (tertiary/aromatic N) is 1. The second-order valence-electron chi connectivity index (χ2n) is 4.94. The molecular formula is C17H17Cl2NO2. The maximum Gasteiger partial charge on any atom is 0.338 e. The maximum atomic E-state index is 11.9. The highest BCUT2D eigenvalue weighted by atomic mass is 35.5. The van der Waals surface area contributed by atoms with Gasteiger partial charge in [-0.2, -0.15) is 0 Å². The molecule has 0 bridgehead atoms. The Morgan fingerprint density at radius 3 is 2.77 bits per heavy atom. The Hall–Kier alpha value is -1.58. The van der Waals surface area contributed by atoms with Crippen molar-refractivity contribution in [3.05, 3.63) is 51.2 Å². The van der Waals surface area contributed by atoms with Crippen molar-refractivity contribution in [3.8, 4) is 0 Å². The highest BCUT2D eigenvalue weighted by Crippen LogP contribution is 2.30. The molecule has 0 atom stereocenters. The molecule has 0 fully saturated rings. The van der Waals surface area contributed by atoms with Crippen molar-refractivity contribution in [2.24, 2.45) is 0 Å². The summed E-state index contributed by atoms with van der Waals surface area (Å²) in [6.45, 7) is 5.84. The Bertz CT molecular complexity index is 750. The summed E-state index contributed by atoms with van der Waals surface area (Å²) in [5.74, 6) is -0.362. The van der Waals surface area contributed by atoms with E-state index in [1.807, 2.05) is 19.9 Å². The average molecular weight is 338 g/mol. The molecule has 0 amide bonds. The van der Waals surface area contributed by atoms with Crippen LogP contribution in [0.4, 0.5) is 0 Å². The van der Waals surface area contributed by atoms with Crippen molar-refractivity contribution < 1.29 is 9.53 Å². The molecule has 0 saturated heterocycles. The van der Waals surface area contributed by atoms with Gasteiger partial charge in [-0.1, -0.05) is 29.3 Å². The van der Waals surface area contributed by atoms with Gasteiger partial charge >= 0.3 is 5.97 Å². The van der Waals surface area contributed by atoms with E-state index in [2.05, 4.69) is 4.98 Å². The average Bonchev–Trinajstić information content (AvgIpc) is 2.46. The van der Waals surface area contributed by atoms with E-state index in [9.17, 15) is 4.79 Å². The van der Waals surface area contributed by atoms with Crippen LogP contribution in [-0.2, 0) is 11.2 Å². The van der Waals surface area contributed by atoms with Crippen molar-refractivity contribution in [1.82, 2.24) is 4.98 Å². The first-order valence-corrected chi connectivity index (χ1v) is 7.77. The highest BCUT2D eigenvalue weighted by molar-refractivity contribution is 6.36. The van der Waals surface area contributed by atoms with E-state index in [0.717, 1.165) is 22.2 Å². The van der Waals surface area contributed by atoms with Crippen LogP contribution in [0.5, 0.6) is 0 Å². The number of esters is 1. The van der Waals surface area contributed by atoms with Gasteiger partial charge in [0.25, 0.3) is 0 Å². The SMILES string of the molecule is CCOC(=O)c1ccc2nc(C)c(C/C=C(\C)Cl)c(Cl)c2c1. The number of carbonyl (C=O) groups is 1. The molecule has 0 aliphatic rings. The lowest BCUT2D eigenvalue weighted by Crippen LogP contribution is -2.05. The van der Waals surface area contributed by atoms with E-state index in [0.29, 0.717) is 28.6 Å². The molecule has 116 valence electrons. The first-order valence-electron chi connectivity index (χ1n) is 7.02. The van der Waals surface area contributed by atoms with Crippen LogP contribution >= 0.6 is 23.2 Å². The predicted molar refractivity (Wildman–Crippen MR) is 90.8 cm³/mol. The van der Waals surface area contributed by atoms with Crippen molar-refractivity contribution >= 4 is 40.1 Å². The van der Waals surface area contributed by atoms with Crippen LogP contribution in [0.1, 0.15) is 35.5 Å². The molecule has 0 aliphatic carbocycles. The number of fused-ring (bicyclic) bond motifs is 1. The number of pyridine rings is 1. The van der Waals surface area contributed by atoms with E-state index in [1.165, 1.54) is 0 Å². The van der Waals surface area contributed by atoms with Crippen LogP contribution in [0, 0.1) is 6.92 Å². The molecule has 2 rings (SSSR count). The molecule has 1 aromatic carbocycles. The second kappa shape index (κ2) is 7.12. The van der Waals surface area contributed by atoms with E-state index >= 15 is 0 Å². The Morgan fingerprint density at radius 1 is 1.41 bits per heavy atom. The number of aromatic nitrogens is 1. The Morgan fingerprint density at radius 2 is 2.14 bits per heavy atom. The molecule has 3 nitrogen and oxygen atoms in total. The quantitative estimate of drug-likeness (QED) is 0.732. The molecule has 1 aromatic heterocycles. The third-order valence-corrected chi connectivity index (χ3v) is 3.91. The molecule has 0 N–H and O–H groups in total. The van der Waals surface area contributed by atoms with Crippen LogP contribution in [0.15, 0.2) is 29.3 Å². The van der Waals surface area contributed by atoms with Crippen molar-refractivity contribution in [3.63, 3.8) is 0 Å². The third-order valence-electron chi connectivity index (χ3n) is 3.32. The van der Waals surface area contributed by atoms with E-state index in [4.69, 9.17) is 27.9 Å². The van der Waals surface area contributed by atoms with Crippen molar-refractivity contribution in [2.75, 3.05) is 6.61 Å². The largest absolute Gasteiger partial charge is 0.462 e. The fourth-order valence-corrected chi connectivity index (χ4v) is 2.64. The minimum atomic E-state index is -0.362. The van der Waals surface area contributed by atoms with Crippen LogP contribution in [0.2, 0.25) is 5.02 Å². The van der Waals surface area contributed by atoms with Gasteiger partial charge in [0.15, 0.2) is 0 Å². The third kappa shape index (κ3) is 3.60. The molecule has 0 unspecified atom stereocenters. The van der Waals surface area contributed by atoms with Crippen LogP contribution < -0.4 is 0 Å². The van der Waals surface area contributed by atoms with E-state index in [1.54, 1.807) is 25.1 Å². The molecule has 0 saturated carbocycles. The molecule has 0 spiro atoms. The van der Waals surface area contributed by atoms with Gasteiger partial charge in [0.05, 0.1) is 22.7 Å². The van der Waals surface area contributed by atoms with Gasteiger partial charge in [0, 0.05) is 16.1 Å². The second-order valence-corrected chi connectivity index (χ2v) is 5.91. The van der Waals surface area contributed by atoms with E-state index in [-0.39, 0.29) is 5.97 Å². The topological polar surface area (TPSA) is 39.2 Å². The van der Waals surface area contributed by atoms with Crippen LogP contribution in [0.25, 0.3) is 10.9 Å². The maximum absolute atomic E-state index is 11.9. The summed E-state index contributed by atoms with van der Waals surface area (Å²) in [5.41, 5.74) is 2.99. The number of hydrogen-bond acceptors (Lipinski definition) is 3. The number of hydrogen-bond donors (Lipinski definition) is 0. The van der Waals surface area contributed by atoms with E-state index < -0.39 is 0 Å². The summed E-state index contributed by atoms with van der Waals surface area (Å²) in [6.07, 6.45) is 2.49. The van der Waals surface area contributed by atoms with Gasteiger partial charge in [-0.15, -0.1) is 0 Å².